The van der Waals surface area contributed by atoms with Crippen molar-refractivity contribution >= 4 is 11.8 Å². The molecule has 0 spiro atoms. The number of carbonyl (C=O) groups excluding carboxylic acids is 2. The average Bonchev–Trinajstić information content (AvgIpc) is 3.09. The van der Waals surface area contributed by atoms with E-state index in [4.69, 9.17) is 10.5 Å². The van der Waals surface area contributed by atoms with Crippen LogP contribution in [-0.4, -0.2) is 54.6 Å². The molecule has 0 aromatic heterocycles. The van der Waals surface area contributed by atoms with Crippen molar-refractivity contribution < 1.29 is 14.3 Å². The van der Waals surface area contributed by atoms with Gasteiger partial charge in [-0.15, -0.1) is 0 Å². The molecule has 1 aliphatic carbocycles. The van der Waals surface area contributed by atoms with E-state index in [9.17, 15) is 9.59 Å². The smallest absolute Gasteiger partial charge is 0.237 e. The van der Waals surface area contributed by atoms with Crippen molar-refractivity contribution in [3.8, 4) is 0 Å². The standard InChI is InChI=1S/C15H25N3O3/c1-9-6-12(9)18-8-11(7-13(18)19)17-15(20)14(16)10-2-4-21-5-3-10/h9-12,14H,2-8,16H2,1H3,(H,17,20). The van der Waals surface area contributed by atoms with Crippen molar-refractivity contribution in [2.24, 2.45) is 17.6 Å². The predicted octanol–water partition coefficient (Wildman–Crippen LogP) is -0.134. The molecule has 6 nitrogen and oxygen atoms in total. The third-order valence-corrected chi connectivity index (χ3v) is 5.05. The lowest BCUT2D eigenvalue weighted by Gasteiger charge is -2.27. The lowest BCUT2D eigenvalue weighted by Crippen LogP contribution is -2.50. The van der Waals surface area contributed by atoms with Crippen LogP contribution >= 0.6 is 0 Å². The van der Waals surface area contributed by atoms with Crippen LogP contribution in [-0.2, 0) is 14.3 Å². The summed E-state index contributed by atoms with van der Waals surface area (Å²) in [6, 6.07) is -0.176. The summed E-state index contributed by atoms with van der Waals surface area (Å²) in [5.41, 5.74) is 6.07. The second-order valence-electron chi connectivity index (χ2n) is 6.71. The number of carbonyl (C=O) groups is 2. The van der Waals surface area contributed by atoms with Gasteiger partial charge in [-0.25, -0.2) is 0 Å². The molecule has 0 aromatic rings. The molecule has 0 radical (unpaired) electrons. The summed E-state index contributed by atoms with van der Waals surface area (Å²) in [4.78, 5) is 26.2. The highest BCUT2D eigenvalue weighted by molar-refractivity contribution is 5.85. The molecule has 2 heterocycles. The Morgan fingerprint density at radius 2 is 2.10 bits per heavy atom. The summed E-state index contributed by atoms with van der Waals surface area (Å²) in [5.74, 6) is 0.836. The van der Waals surface area contributed by atoms with E-state index in [1.165, 1.54) is 0 Å². The maximum Gasteiger partial charge on any atom is 0.237 e. The summed E-state index contributed by atoms with van der Waals surface area (Å²) in [7, 11) is 0. The zero-order chi connectivity index (χ0) is 15.0. The van der Waals surface area contributed by atoms with Gasteiger partial charge in [0, 0.05) is 32.2 Å². The Morgan fingerprint density at radius 1 is 1.43 bits per heavy atom. The third-order valence-electron chi connectivity index (χ3n) is 5.05. The number of ether oxygens (including phenoxy) is 1. The second-order valence-corrected chi connectivity index (χ2v) is 6.71. The molecule has 4 atom stereocenters. The van der Waals surface area contributed by atoms with Crippen LogP contribution in [0.25, 0.3) is 0 Å². The van der Waals surface area contributed by atoms with Crippen molar-refractivity contribution in [2.45, 2.75) is 50.7 Å². The van der Waals surface area contributed by atoms with Gasteiger partial charge in [0.15, 0.2) is 0 Å². The van der Waals surface area contributed by atoms with E-state index < -0.39 is 6.04 Å². The van der Waals surface area contributed by atoms with Crippen LogP contribution < -0.4 is 11.1 Å². The maximum atomic E-state index is 12.3. The quantitative estimate of drug-likeness (QED) is 0.756. The number of rotatable bonds is 4. The third kappa shape index (κ3) is 3.21. The molecule has 3 N–H and O–H groups in total. The number of nitrogens with zero attached hydrogens (tertiary/aromatic N) is 1. The zero-order valence-electron chi connectivity index (χ0n) is 12.6. The topological polar surface area (TPSA) is 84.7 Å². The van der Waals surface area contributed by atoms with Gasteiger partial charge in [-0.3, -0.25) is 9.59 Å². The van der Waals surface area contributed by atoms with Crippen LogP contribution in [0.4, 0.5) is 0 Å². The molecule has 3 fully saturated rings. The van der Waals surface area contributed by atoms with Gasteiger partial charge < -0.3 is 20.7 Å². The fraction of sp³-hybridized carbons (Fsp3) is 0.867. The van der Waals surface area contributed by atoms with Crippen LogP contribution in [0, 0.1) is 11.8 Å². The normalized spacial score (nSPS) is 34.9. The van der Waals surface area contributed by atoms with Gasteiger partial charge in [0.05, 0.1) is 12.1 Å². The van der Waals surface area contributed by atoms with Gasteiger partial charge in [-0.2, -0.15) is 0 Å². The highest BCUT2D eigenvalue weighted by Gasteiger charge is 2.45. The first kappa shape index (κ1) is 14.8. The number of likely N-dealkylation sites (tertiary alicyclic amines) is 1. The lowest BCUT2D eigenvalue weighted by atomic mass is 9.91. The van der Waals surface area contributed by atoms with Crippen LogP contribution in [0.3, 0.4) is 0 Å². The van der Waals surface area contributed by atoms with Crippen molar-refractivity contribution in [3.63, 3.8) is 0 Å². The first-order chi connectivity index (χ1) is 10.1. The maximum absolute atomic E-state index is 12.3. The molecule has 2 saturated heterocycles. The van der Waals surface area contributed by atoms with Gasteiger partial charge in [0.1, 0.15) is 0 Å². The number of nitrogens with two attached hydrogens (primary N) is 1. The van der Waals surface area contributed by atoms with E-state index >= 15 is 0 Å². The van der Waals surface area contributed by atoms with Crippen molar-refractivity contribution in [2.75, 3.05) is 19.8 Å². The van der Waals surface area contributed by atoms with Crippen molar-refractivity contribution in [1.29, 1.82) is 0 Å². The van der Waals surface area contributed by atoms with E-state index in [1.807, 2.05) is 4.90 Å². The minimum absolute atomic E-state index is 0.0799. The Labute approximate surface area is 125 Å². The highest BCUT2D eigenvalue weighted by atomic mass is 16.5. The number of nitrogens with one attached hydrogen (secondary N) is 1. The van der Waals surface area contributed by atoms with E-state index in [-0.39, 0.29) is 23.8 Å². The Hall–Kier alpha value is -1.14. The molecule has 3 aliphatic rings. The molecule has 118 valence electrons. The number of hydrogen-bond acceptors (Lipinski definition) is 4. The van der Waals surface area contributed by atoms with E-state index in [0.29, 0.717) is 38.1 Å². The summed E-state index contributed by atoms with van der Waals surface area (Å²) < 4.78 is 5.30. The molecule has 4 unspecified atom stereocenters. The monoisotopic (exact) mass is 295 g/mol. The fourth-order valence-corrected chi connectivity index (χ4v) is 3.47. The van der Waals surface area contributed by atoms with Crippen LogP contribution in [0.2, 0.25) is 0 Å². The van der Waals surface area contributed by atoms with Crippen LogP contribution in [0.1, 0.15) is 32.6 Å². The molecule has 3 rings (SSSR count). The molecule has 2 aliphatic heterocycles. The molecule has 2 amide bonds. The minimum atomic E-state index is -0.488. The largest absolute Gasteiger partial charge is 0.381 e. The average molecular weight is 295 g/mol. The molecule has 6 heteroatoms. The molecule has 0 aromatic carbocycles. The lowest BCUT2D eigenvalue weighted by molar-refractivity contribution is -0.128. The number of amides is 2. The highest BCUT2D eigenvalue weighted by Crippen LogP contribution is 2.37. The van der Waals surface area contributed by atoms with Gasteiger partial charge >= 0.3 is 0 Å². The fourth-order valence-electron chi connectivity index (χ4n) is 3.47. The summed E-state index contributed by atoms with van der Waals surface area (Å²) in [6.45, 7) is 4.16. The van der Waals surface area contributed by atoms with Crippen LogP contribution in [0.5, 0.6) is 0 Å². The predicted molar refractivity (Wildman–Crippen MR) is 77.3 cm³/mol. The SMILES string of the molecule is CC1CC1N1CC(NC(=O)C(N)C2CCOCC2)CC1=O. The Kier molecular flexibility index (Phi) is 4.17. The van der Waals surface area contributed by atoms with Crippen molar-refractivity contribution in [3.05, 3.63) is 0 Å². The van der Waals surface area contributed by atoms with E-state index in [2.05, 4.69) is 12.2 Å². The van der Waals surface area contributed by atoms with E-state index in [0.717, 1.165) is 19.3 Å². The number of hydrogen-bond donors (Lipinski definition) is 2. The second kappa shape index (κ2) is 5.93. The van der Waals surface area contributed by atoms with E-state index in [1.54, 1.807) is 0 Å². The Morgan fingerprint density at radius 3 is 2.71 bits per heavy atom. The summed E-state index contributed by atoms with van der Waals surface area (Å²) in [6.07, 6.45) is 3.18. The van der Waals surface area contributed by atoms with Gasteiger partial charge in [0.25, 0.3) is 0 Å². The first-order valence-corrected chi connectivity index (χ1v) is 7.99. The zero-order valence-corrected chi connectivity index (χ0v) is 12.6. The van der Waals surface area contributed by atoms with Crippen molar-refractivity contribution in [1.82, 2.24) is 10.2 Å². The first-order valence-electron chi connectivity index (χ1n) is 7.99. The molecule has 21 heavy (non-hydrogen) atoms. The molecular formula is C15H25N3O3. The van der Waals surface area contributed by atoms with Gasteiger partial charge in [0.2, 0.25) is 11.8 Å². The summed E-state index contributed by atoms with van der Waals surface area (Å²) in [5, 5.41) is 2.97. The van der Waals surface area contributed by atoms with Gasteiger partial charge in [-0.05, 0) is 31.1 Å². The molecule has 1 saturated carbocycles. The Bertz CT molecular complexity index is 422. The molecule has 0 bridgehead atoms. The van der Waals surface area contributed by atoms with Gasteiger partial charge in [-0.1, -0.05) is 6.92 Å². The summed E-state index contributed by atoms with van der Waals surface area (Å²) >= 11 is 0. The Balaban J connectivity index is 1.49. The minimum Gasteiger partial charge on any atom is -0.381 e. The molecular weight excluding hydrogens is 270 g/mol. The van der Waals surface area contributed by atoms with Crippen LogP contribution in [0.15, 0.2) is 0 Å².